The number of nitrogens with one attached hydrogen (secondary N) is 1. The fourth-order valence-electron chi connectivity index (χ4n) is 2.57. The molecule has 5 heteroatoms. The summed E-state index contributed by atoms with van der Waals surface area (Å²) in [6, 6.07) is 5.88. The van der Waals surface area contributed by atoms with Crippen LogP contribution in [0.4, 0.5) is 4.39 Å². The van der Waals surface area contributed by atoms with Gasteiger partial charge in [-0.25, -0.2) is 9.37 Å². The molecule has 1 amide bonds. The molecule has 21 heavy (non-hydrogen) atoms. The van der Waals surface area contributed by atoms with Crippen molar-refractivity contribution in [2.24, 2.45) is 13.0 Å². The summed E-state index contributed by atoms with van der Waals surface area (Å²) < 4.78 is 15.3. The van der Waals surface area contributed by atoms with Crippen molar-refractivity contribution in [1.82, 2.24) is 14.9 Å². The Morgan fingerprint density at radius 3 is 2.86 bits per heavy atom. The zero-order valence-electron chi connectivity index (χ0n) is 11.9. The number of amides is 1. The molecule has 1 heterocycles. The molecule has 1 aliphatic rings. The molecule has 1 N–H and O–H groups in total. The van der Waals surface area contributed by atoms with E-state index in [1.165, 1.54) is 12.1 Å². The van der Waals surface area contributed by atoms with Crippen LogP contribution in [-0.2, 0) is 11.8 Å². The molecule has 0 aliphatic heterocycles. The van der Waals surface area contributed by atoms with Crippen molar-refractivity contribution >= 4 is 5.91 Å². The van der Waals surface area contributed by atoms with Gasteiger partial charge in [0.15, 0.2) is 0 Å². The number of aromatic nitrogens is 2. The highest BCUT2D eigenvalue weighted by Gasteiger charge is 2.29. The predicted molar refractivity (Wildman–Crippen MR) is 76.9 cm³/mol. The van der Waals surface area contributed by atoms with Crippen molar-refractivity contribution in [3.8, 4) is 0 Å². The zero-order valence-corrected chi connectivity index (χ0v) is 11.9. The number of nitrogens with zero attached hydrogens (tertiary/aromatic N) is 2. The minimum Gasteiger partial charge on any atom is -0.342 e. The molecule has 1 fully saturated rings. The van der Waals surface area contributed by atoms with Gasteiger partial charge in [-0.05, 0) is 30.5 Å². The van der Waals surface area contributed by atoms with Crippen LogP contribution in [0.15, 0.2) is 36.7 Å². The SMILES string of the molecule is Cn1ccnc1[C@H](NC(=O)C1CCC1)c1cccc(F)c1. The third kappa shape index (κ3) is 2.82. The first kappa shape index (κ1) is 13.8. The molecular weight excluding hydrogens is 269 g/mol. The molecule has 0 bridgehead atoms. The van der Waals surface area contributed by atoms with E-state index in [0.717, 1.165) is 19.3 Å². The lowest BCUT2D eigenvalue weighted by Crippen LogP contribution is -2.38. The van der Waals surface area contributed by atoms with Crippen molar-refractivity contribution in [3.05, 3.63) is 53.9 Å². The molecule has 4 nitrogen and oxygen atoms in total. The van der Waals surface area contributed by atoms with E-state index >= 15 is 0 Å². The van der Waals surface area contributed by atoms with Crippen LogP contribution in [-0.4, -0.2) is 15.5 Å². The number of hydrogen-bond acceptors (Lipinski definition) is 2. The first-order valence-electron chi connectivity index (χ1n) is 7.18. The Labute approximate surface area is 123 Å². The van der Waals surface area contributed by atoms with Crippen molar-refractivity contribution in [2.45, 2.75) is 25.3 Å². The maximum absolute atomic E-state index is 13.5. The number of carbonyl (C=O) groups is 1. The number of rotatable bonds is 4. The molecule has 1 aromatic heterocycles. The monoisotopic (exact) mass is 287 g/mol. The second-order valence-electron chi connectivity index (χ2n) is 5.52. The molecule has 1 atom stereocenters. The van der Waals surface area contributed by atoms with Gasteiger partial charge in [-0.15, -0.1) is 0 Å². The van der Waals surface area contributed by atoms with Crippen LogP contribution in [0.25, 0.3) is 0 Å². The average Bonchev–Trinajstić information content (AvgIpc) is 2.80. The van der Waals surface area contributed by atoms with Crippen LogP contribution < -0.4 is 5.32 Å². The summed E-state index contributed by atoms with van der Waals surface area (Å²) in [4.78, 5) is 16.6. The van der Waals surface area contributed by atoms with Crippen molar-refractivity contribution < 1.29 is 9.18 Å². The van der Waals surface area contributed by atoms with E-state index in [-0.39, 0.29) is 17.6 Å². The van der Waals surface area contributed by atoms with Crippen LogP contribution in [0.5, 0.6) is 0 Å². The van der Waals surface area contributed by atoms with E-state index in [4.69, 9.17) is 0 Å². The van der Waals surface area contributed by atoms with Gasteiger partial charge in [0.05, 0.1) is 0 Å². The summed E-state index contributed by atoms with van der Waals surface area (Å²) in [6.07, 6.45) is 6.46. The number of aryl methyl sites for hydroxylation is 1. The number of benzene rings is 1. The van der Waals surface area contributed by atoms with Crippen LogP contribution in [0, 0.1) is 11.7 Å². The van der Waals surface area contributed by atoms with Gasteiger partial charge in [0.1, 0.15) is 17.7 Å². The van der Waals surface area contributed by atoms with Gasteiger partial charge in [0.2, 0.25) is 5.91 Å². The van der Waals surface area contributed by atoms with Crippen LogP contribution >= 0.6 is 0 Å². The predicted octanol–water partition coefficient (Wildman–Crippen LogP) is 2.56. The lowest BCUT2D eigenvalue weighted by Gasteiger charge is -2.27. The van der Waals surface area contributed by atoms with E-state index in [2.05, 4.69) is 10.3 Å². The van der Waals surface area contributed by atoms with Crippen LogP contribution in [0.2, 0.25) is 0 Å². The molecule has 0 saturated heterocycles. The van der Waals surface area contributed by atoms with Crippen molar-refractivity contribution in [2.75, 3.05) is 0 Å². The third-order valence-corrected chi connectivity index (χ3v) is 4.06. The Balaban J connectivity index is 1.91. The first-order valence-corrected chi connectivity index (χ1v) is 7.18. The minimum atomic E-state index is -0.422. The second kappa shape index (κ2) is 5.68. The Hall–Kier alpha value is -2.17. The molecule has 0 unspecified atom stereocenters. The lowest BCUT2D eigenvalue weighted by molar-refractivity contribution is -0.127. The standard InChI is InChI=1S/C16H18FN3O/c1-20-9-8-18-15(20)14(12-6-3-7-13(17)10-12)19-16(21)11-4-2-5-11/h3,6-11,14H,2,4-5H2,1H3,(H,19,21)/t14-/m1/s1. The summed E-state index contributed by atoms with van der Waals surface area (Å²) in [6.45, 7) is 0. The van der Waals surface area contributed by atoms with Gasteiger partial charge in [0, 0.05) is 25.4 Å². The highest BCUT2D eigenvalue weighted by molar-refractivity contribution is 5.80. The second-order valence-corrected chi connectivity index (χ2v) is 5.52. The molecule has 110 valence electrons. The summed E-state index contributed by atoms with van der Waals surface area (Å²) >= 11 is 0. The number of halogens is 1. The van der Waals surface area contributed by atoms with Gasteiger partial charge in [0.25, 0.3) is 0 Å². The molecule has 3 rings (SSSR count). The maximum Gasteiger partial charge on any atom is 0.223 e. The van der Waals surface area contributed by atoms with Gasteiger partial charge in [-0.1, -0.05) is 18.6 Å². The smallest absolute Gasteiger partial charge is 0.223 e. The minimum absolute atomic E-state index is 0.0264. The fraction of sp³-hybridized carbons (Fsp3) is 0.375. The van der Waals surface area contributed by atoms with E-state index < -0.39 is 6.04 Å². The number of imidazole rings is 1. The van der Waals surface area contributed by atoms with Crippen molar-refractivity contribution in [3.63, 3.8) is 0 Å². The molecule has 2 aromatic rings. The number of carbonyl (C=O) groups excluding carboxylic acids is 1. The van der Waals surface area contributed by atoms with Gasteiger partial charge < -0.3 is 9.88 Å². The Morgan fingerprint density at radius 1 is 1.48 bits per heavy atom. The maximum atomic E-state index is 13.5. The molecule has 0 radical (unpaired) electrons. The Morgan fingerprint density at radius 2 is 2.29 bits per heavy atom. The zero-order chi connectivity index (χ0) is 14.8. The molecule has 1 aliphatic carbocycles. The fourth-order valence-corrected chi connectivity index (χ4v) is 2.57. The quantitative estimate of drug-likeness (QED) is 0.939. The van der Waals surface area contributed by atoms with Crippen LogP contribution in [0.1, 0.15) is 36.7 Å². The van der Waals surface area contributed by atoms with Crippen LogP contribution in [0.3, 0.4) is 0 Å². The summed E-state index contributed by atoms with van der Waals surface area (Å²) in [7, 11) is 1.87. The average molecular weight is 287 g/mol. The van der Waals surface area contributed by atoms with Gasteiger partial charge >= 0.3 is 0 Å². The molecule has 1 saturated carbocycles. The largest absolute Gasteiger partial charge is 0.342 e. The van der Waals surface area contributed by atoms with E-state index in [9.17, 15) is 9.18 Å². The van der Waals surface area contributed by atoms with Gasteiger partial charge in [-0.3, -0.25) is 4.79 Å². The van der Waals surface area contributed by atoms with E-state index in [1.54, 1.807) is 12.3 Å². The topological polar surface area (TPSA) is 46.9 Å². The van der Waals surface area contributed by atoms with E-state index in [1.807, 2.05) is 23.9 Å². The third-order valence-electron chi connectivity index (χ3n) is 4.06. The summed E-state index contributed by atoms with van der Waals surface area (Å²) in [5, 5.41) is 3.02. The Kier molecular flexibility index (Phi) is 3.73. The highest BCUT2D eigenvalue weighted by atomic mass is 19.1. The first-order chi connectivity index (χ1) is 10.1. The number of hydrogen-bond donors (Lipinski definition) is 1. The summed E-state index contributed by atoms with van der Waals surface area (Å²) in [5.41, 5.74) is 0.706. The molecule has 1 aromatic carbocycles. The normalized spacial score (nSPS) is 16.3. The lowest BCUT2D eigenvalue weighted by atomic mass is 9.84. The molecular formula is C16H18FN3O. The summed E-state index contributed by atoms with van der Waals surface area (Å²) in [5.74, 6) is 0.498. The molecule has 0 spiro atoms. The Bertz CT molecular complexity index is 648. The van der Waals surface area contributed by atoms with Gasteiger partial charge in [-0.2, -0.15) is 0 Å². The van der Waals surface area contributed by atoms with Crippen molar-refractivity contribution in [1.29, 1.82) is 0 Å². The highest BCUT2D eigenvalue weighted by Crippen LogP contribution is 2.28. The van der Waals surface area contributed by atoms with E-state index in [0.29, 0.717) is 11.4 Å².